The second kappa shape index (κ2) is 12.0. The molecule has 0 saturated heterocycles. The lowest BCUT2D eigenvalue weighted by molar-refractivity contribution is -0.118. The molecule has 0 saturated carbocycles. The molecule has 37 heavy (non-hydrogen) atoms. The third-order valence-electron chi connectivity index (χ3n) is 5.29. The fraction of sp³-hybridized carbons (Fsp3) is 0.154. The summed E-state index contributed by atoms with van der Waals surface area (Å²) >= 11 is 1.22. The Morgan fingerprint density at radius 1 is 0.973 bits per heavy atom. The van der Waals surface area contributed by atoms with Crippen LogP contribution in [0.1, 0.15) is 5.56 Å². The van der Waals surface area contributed by atoms with Crippen LogP contribution in [0.15, 0.2) is 77.0 Å². The number of para-hydroxylation sites is 1. The van der Waals surface area contributed by atoms with Crippen LogP contribution in [0.5, 0.6) is 23.0 Å². The van der Waals surface area contributed by atoms with Crippen molar-refractivity contribution in [3.05, 3.63) is 72.3 Å². The largest absolute Gasteiger partial charge is 0.504 e. The molecule has 0 spiro atoms. The number of ether oxygens (including phenoxy) is 3. The van der Waals surface area contributed by atoms with Crippen LogP contribution < -0.4 is 19.6 Å². The van der Waals surface area contributed by atoms with Gasteiger partial charge in [-0.15, -0.1) is 10.2 Å². The van der Waals surface area contributed by atoms with Crippen molar-refractivity contribution in [2.75, 3.05) is 27.1 Å². The second-order valence-corrected chi connectivity index (χ2v) is 8.49. The smallest absolute Gasteiger partial charge is 0.250 e. The Morgan fingerprint density at radius 2 is 1.65 bits per heavy atom. The fourth-order valence-corrected chi connectivity index (χ4v) is 4.14. The minimum Gasteiger partial charge on any atom is -0.504 e. The molecule has 4 aromatic rings. The van der Waals surface area contributed by atoms with Gasteiger partial charge in [-0.1, -0.05) is 17.8 Å². The zero-order valence-corrected chi connectivity index (χ0v) is 21.2. The summed E-state index contributed by atoms with van der Waals surface area (Å²) in [7, 11) is 4.67. The number of phenols is 1. The number of aromatic hydroxyl groups is 1. The number of rotatable bonds is 10. The van der Waals surface area contributed by atoms with Gasteiger partial charge in [0.2, 0.25) is 0 Å². The lowest BCUT2D eigenvalue weighted by Crippen LogP contribution is -2.20. The molecule has 0 aliphatic rings. The van der Waals surface area contributed by atoms with Gasteiger partial charge in [-0.05, 0) is 60.7 Å². The van der Waals surface area contributed by atoms with Gasteiger partial charge in [0.25, 0.3) is 5.91 Å². The average Bonchev–Trinajstić information content (AvgIpc) is 3.37. The van der Waals surface area contributed by atoms with E-state index in [1.165, 1.54) is 25.1 Å². The number of hydrogen-bond donors (Lipinski definition) is 2. The predicted molar refractivity (Wildman–Crippen MR) is 141 cm³/mol. The van der Waals surface area contributed by atoms with Crippen LogP contribution in [-0.2, 0) is 4.79 Å². The Morgan fingerprint density at radius 3 is 2.30 bits per heavy atom. The van der Waals surface area contributed by atoms with Crippen molar-refractivity contribution < 1.29 is 24.1 Å². The summed E-state index contributed by atoms with van der Waals surface area (Å²) in [6, 6.07) is 20.0. The normalized spacial score (nSPS) is 10.9. The van der Waals surface area contributed by atoms with Gasteiger partial charge in [-0.3, -0.25) is 9.36 Å². The maximum atomic E-state index is 12.5. The molecule has 0 radical (unpaired) electrons. The van der Waals surface area contributed by atoms with Crippen molar-refractivity contribution in [2.24, 2.45) is 5.10 Å². The molecule has 4 rings (SSSR count). The van der Waals surface area contributed by atoms with E-state index in [4.69, 9.17) is 14.2 Å². The molecular weight excluding hydrogens is 494 g/mol. The molecule has 190 valence electrons. The van der Waals surface area contributed by atoms with Crippen molar-refractivity contribution >= 4 is 23.9 Å². The topological polar surface area (TPSA) is 120 Å². The summed E-state index contributed by atoms with van der Waals surface area (Å²) in [4.78, 5) is 12.5. The van der Waals surface area contributed by atoms with E-state index in [-0.39, 0.29) is 17.4 Å². The standard InChI is InChI=1S/C26H25N5O5S/c1-34-20-11-7-17(8-12-20)25-29-30-26(31(25)19-9-13-21(35-2)14-10-19)37-16-23(32)28-27-15-18-5-4-6-22(36-3)24(18)33/h4-15,33H,16H2,1-3H3,(H,28,32)/b27-15-. The molecule has 0 atom stereocenters. The van der Waals surface area contributed by atoms with Crippen LogP contribution >= 0.6 is 11.8 Å². The summed E-state index contributed by atoms with van der Waals surface area (Å²) in [6.07, 6.45) is 1.35. The minimum absolute atomic E-state index is 0.0400. The highest BCUT2D eigenvalue weighted by molar-refractivity contribution is 7.99. The summed E-state index contributed by atoms with van der Waals surface area (Å²) in [6.45, 7) is 0. The molecule has 0 aliphatic heterocycles. The van der Waals surface area contributed by atoms with Crippen molar-refractivity contribution in [3.63, 3.8) is 0 Å². The Hall–Kier alpha value is -4.51. The van der Waals surface area contributed by atoms with E-state index in [0.29, 0.717) is 22.3 Å². The van der Waals surface area contributed by atoms with E-state index in [0.717, 1.165) is 22.7 Å². The van der Waals surface area contributed by atoms with E-state index in [1.807, 2.05) is 53.1 Å². The number of phenolic OH excluding ortho intramolecular Hbond substituents is 1. The second-order valence-electron chi connectivity index (χ2n) is 7.55. The SMILES string of the molecule is COc1ccc(-c2nnc(SCC(=O)N/N=C\c3cccc(OC)c3O)n2-c2ccc(OC)cc2)cc1. The van der Waals surface area contributed by atoms with Gasteiger partial charge in [0, 0.05) is 16.8 Å². The highest BCUT2D eigenvalue weighted by Gasteiger charge is 2.18. The summed E-state index contributed by atoms with van der Waals surface area (Å²) in [5.41, 5.74) is 4.52. The zero-order chi connectivity index (χ0) is 26.2. The first-order valence-corrected chi connectivity index (χ1v) is 12.1. The number of nitrogens with one attached hydrogen (secondary N) is 1. The average molecular weight is 520 g/mol. The molecule has 0 fully saturated rings. The number of carbonyl (C=O) groups is 1. The molecule has 3 aromatic carbocycles. The van der Waals surface area contributed by atoms with Gasteiger partial charge >= 0.3 is 0 Å². The van der Waals surface area contributed by atoms with Crippen LogP contribution in [0.3, 0.4) is 0 Å². The highest BCUT2D eigenvalue weighted by atomic mass is 32.2. The highest BCUT2D eigenvalue weighted by Crippen LogP contribution is 2.30. The van der Waals surface area contributed by atoms with Gasteiger partial charge in [0.15, 0.2) is 22.5 Å². The van der Waals surface area contributed by atoms with Crippen LogP contribution in [0.25, 0.3) is 17.1 Å². The lowest BCUT2D eigenvalue weighted by Gasteiger charge is -2.11. The minimum atomic E-state index is -0.348. The fourth-order valence-electron chi connectivity index (χ4n) is 3.40. The molecule has 0 unspecified atom stereocenters. The number of methoxy groups -OCH3 is 3. The van der Waals surface area contributed by atoms with Gasteiger partial charge in [0.05, 0.1) is 33.3 Å². The van der Waals surface area contributed by atoms with Gasteiger partial charge in [0.1, 0.15) is 11.5 Å². The van der Waals surface area contributed by atoms with Crippen LogP contribution in [0.4, 0.5) is 0 Å². The van der Waals surface area contributed by atoms with E-state index in [9.17, 15) is 9.90 Å². The number of nitrogens with zero attached hydrogens (tertiary/aromatic N) is 4. The Kier molecular flexibility index (Phi) is 8.26. The van der Waals surface area contributed by atoms with Gasteiger partial charge in [-0.2, -0.15) is 5.10 Å². The molecule has 1 aromatic heterocycles. The first kappa shape index (κ1) is 25.6. The molecule has 0 aliphatic carbocycles. The zero-order valence-electron chi connectivity index (χ0n) is 20.4. The number of thioether (sulfide) groups is 1. The molecule has 1 heterocycles. The third-order valence-corrected chi connectivity index (χ3v) is 6.22. The number of benzene rings is 3. The molecule has 10 nitrogen and oxygen atoms in total. The number of hydrogen-bond acceptors (Lipinski definition) is 9. The molecule has 0 bridgehead atoms. The van der Waals surface area contributed by atoms with Crippen LogP contribution in [-0.4, -0.2) is 59.1 Å². The maximum absolute atomic E-state index is 12.5. The summed E-state index contributed by atoms with van der Waals surface area (Å²) < 4.78 is 17.5. The van der Waals surface area contributed by atoms with Crippen molar-refractivity contribution in [1.29, 1.82) is 0 Å². The van der Waals surface area contributed by atoms with Crippen LogP contribution in [0.2, 0.25) is 0 Å². The monoisotopic (exact) mass is 519 g/mol. The van der Waals surface area contributed by atoms with Crippen molar-refractivity contribution in [2.45, 2.75) is 5.16 Å². The van der Waals surface area contributed by atoms with E-state index >= 15 is 0 Å². The maximum Gasteiger partial charge on any atom is 0.250 e. The van der Waals surface area contributed by atoms with Crippen molar-refractivity contribution in [1.82, 2.24) is 20.2 Å². The van der Waals surface area contributed by atoms with E-state index in [2.05, 4.69) is 20.7 Å². The Balaban J connectivity index is 1.52. The Bertz CT molecular complexity index is 1390. The lowest BCUT2D eigenvalue weighted by atomic mass is 10.2. The predicted octanol–water partition coefficient (Wildman–Crippen LogP) is 3.91. The van der Waals surface area contributed by atoms with Gasteiger partial charge in [-0.25, -0.2) is 5.43 Å². The van der Waals surface area contributed by atoms with Crippen molar-refractivity contribution in [3.8, 4) is 40.1 Å². The van der Waals surface area contributed by atoms with Crippen LogP contribution in [0, 0.1) is 0 Å². The van der Waals surface area contributed by atoms with E-state index in [1.54, 1.807) is 32.4 Å². The first-order chi connectivity index (χ1) is 18.0. The number of hydrazone groups is 1. The number of aromatic nitrogens is 3. The third kappa shape index (κ3) is 6.01. The molecular formula is C26H25N5O5S. The molecule has 1 amide bonds. The first-order valence-electron chi connectivity index (χ1n) is 11.1. The Labute approximate surface area is 217 Å². The molecule has 11 heteroatoms. The van der Waals surface area contributed by atoms with Gasteiger partial charge < -0.3 is 19.3 Å². The molecule has 2 N–H and O–H groups in total. The van der Waals surface area contributed by atoms with E-state index < -0.39 is 0 Å². The quantitative estimate of drug-likeness (QED) is 0.184. The summed E-state index contributed by atoms with van der Waals surface area (Å²) in [5.74, 6) is 2.01. The summed E-state index contributed by atoms with van der Waals surface area (Å²) in [5, 5.41) is 23.3. The number of carbonyl (C=O) groups excluding carboxylic acids is 1. The number of amides is 1.